The standard InChI is InChI=1S/C26H33NO4S/c1-25(2,3)20-10-11-23(22(16-20)26(4,5)6)32(30,31)27-21-14-18-9-7-17(8-12-24(28)29)13-19(18)15-21/h7-13,16,21,27H,14-15H2,1-6H3,(H,28,29)/b12-8+. The maximum atomic E-state index is 13.4. The Kier molecular flexibility index (Phi) is 6.42. The molecular weight excluding hydrogens is 422 g/mol. The zero-order valence-electron chi connectivity index (χ0n) is 19.7. The first-order valence-corrected chi connectivity index (χ1v) is 12.4. The van der Waals surface area contributed by atoms with Gasteiger partial charge in [0.15, 0.2) is 0 Å². The number of nitrogens with one attached hydrogen (secondary N) is 1. The summed E-state index contributed by atoms with van der Waals surface area (Å²) in [5, 5.41) is 8.82. The summed E-state index contributed by atoms with van der Waals surface area (Å²) >= 11 is 0. The summed E-state index contributed by atoms with van der Waals surface area (Å²) < 4.78 is 29.8. The van der Waals surface area contributed by atoms with Gasteiger partial charge in [0.1, 0.15) is 0 Å². The summed E-state index contributed by atoms with van der Waals surface area (Å²) in [5.41, 5.74) is 4.45. The molecule has 0 aromatic heterocycles. The number of carboxylic acid groups (broad SMARTS) is 1. The van der Waals surface area contributed by atoms with E-state index in [0.29, 0.717) is 17.7 Å². The molecule has 1 aliphatic rings. The Morgan fingerprint density at radius 1 is 0.969 bits per heavy atom. The topological polar surface area (TPSA) is 83.5 Å². The van der Waals surface area contributed by atoms with Crippen molar-refractivity contribution in [2.45, 2.75) is 76.2 Å². The molecule has 0 spiro atoms. The van der Waals surface area contributed by atoms with Crippen LogP contribution < -0.4 is 4.72 Å². The van der Waals surface area contributed by atoms with E-state index < -0.39 is 16.0 Å². The fourth-order valence-corrected chi connectivity index (χ4v) is 5.73. The van der Waals surface area contributed by atoms with Crippen LogP contribution in [0.2, 0.25) is 0 Å². The maximum absolute atomic E-state index is 13.4. The molecule has 0 saturated carbocycles. The van der Waals surface area contributed by atoms with Gasteiger partial charge in [-0.05, 0) is 63.6 Å². The lowest BCUT2D eigenvalue weighted by molar-refractivity contribution is -0.131. The van der Waals surface area contributed by atoms with Gasteiger partial charge in [0, 0.05) is 12.1 Å². The smallest absolute Gasteiger partial charge is 0.328 e. The summed E-state index contributed by atoms with van der Waals surface area (Å²) in [4.78, 5) is 11.1. The van der Waals surface area contributed by atoms with Crippen LogP contribution in [0.5, 0.6) is 0 Å². The van der Waals surface area contributed by atoms with Crippen LogP contribution in [0, 0.1) is 0 Å². The molecule has 1 unspecified atom stereocenters. The van der Waals surface area contributed by atoms with Gasteiger partial charge in [-0.25, -0.2) is 17.9 Å². The number of rotatable bonds is 5. The third kappa shape index (κ3) is 5.48. The van der Waals surface area contributed by atoms with Crippen molar-refractivity contribution in [3.63, 3.8) is 0 Å². The predicted molar refractivity (Wildman–Crippen MR) is 128 cm³/mol. The van der Waals surface area contributed by atoms with Gasteiger partial charge in [-0.15, -0.1) is 0 Å². The van der Waals surface area contributed by atoms with Crippen LogP contribution in [0.25, 0.3) is 6.08 Å². The van der Waals surface area contributed by atoms with Crippen molar-refractivity contribution in [2.24, 2.45) is 0 Å². The number of carbonyl (C=O) groups is 1. The Labute approximate surface area is 191 Å². The van der Waals surface area contributed by atoms with E-state index in [1.54, 1.807) is 12.1 Å². The summed E-state index contributed by atoms with van der Waals surface area (Å²) in [6.07, 6.45) is 3.84. The van der Waals surface area contributed by atoms with Crippen LogP contribution in [0.4, 0.5) is 0 Å². The van der Waals surface area contributed by atoms with Crippen LogP contribution >= 0.6 is 0 Å². The van der Waals surface area contributed by atoms with E-state index in [9.17, 15) is 13.2 Å². The van der Waals surface area contributed by atoms with Gasteiger partial charge in [-0.3, -0.25) is 0 Å². The van der Waals surface area contributed by atoms with Crippen LogP contribution in [-0.2, 0) is 38.5 Å². The molecule has 3 rings (SSSR count). The van der Waals surface area contributed by atoms with Gasteiger partial charge >= 0.3 is 5.97 Å². The molecular formula is C26H33NO4S. The molecule has 0 radical (unpaired) electrons. The monoisotopic (exact) mass is 455 g/mol. The molecule has 172 valence electrons. The van der Waals surface area contributed by atoms with Crippen molar-refractivity contribution in [2.75, 3.05) is 0 Å². The number of hydrogen-bond donors (Lipinski definition) is 2. The fourth-order valence-electron chi connectivity index (χ4n) is 4.09. The maximum Gasteiger partial charge on any atom is 0.328 e. The Balaban J connectivity index is 1.87. The van der Waals surface area contributed by atoms with Gasteiger partial charge < -0.3 is 5.11 Å². The molecule has 5 nitrogen and oxygen atoms in total. The second kappa shape index (κ2) is 8.49. The number of carboxylic acids is 1. The summed E-state index contributed by atoms with van der Waals surface area (Å²) in [6.45, 7) is 12.5. The minimum Gasteiger partial charge on any atom is -0.478 e. The third-order valence-electron chi connectivity index (χ3n) is 5.85. The quantitative estimate of drug-likeness (QED) is 0.633. The van der Waals surface area contributed by atoms with Gasteiger partial charge in [0.05, 0.1) is 4.90 Å². The number of sulfonamides is 1. The molecule has 2 N–H and O–H groups in total. The highest BCUT2D eigenvalue weighted by Crippen LogP contribution is 2.34. The van der Waals surface area contributed by atoms with E-state index in [0.717, 1.165) is 33.9 Å². The highest BCUT2D eigenvalue weighted by atomic mass is 32.2. The largest absolute Gasteiger partial charge is 0.478 e. The highest BCUT2D eigenvalue weighted by Gasteiger charge is 2.31. The fraction of sp³-hybridized carbons (Fsp3) is 0.423. The zero-order chi connectivity index (χ0) is 23.9. The molecule has 0 bridgehead atoms. The average molecular weight is 456 g/mol. The van der Waals surface area contributed by atoms with E-state index in [1.807, 2.05) is 51.1 Å². The molecule has 0 aliphatic heterocycles. The third-order valence-corrected chi connectivity index (χ3v) is 7.42. The van der Waals surface area contributed by atoms with Gasteiger partial charge in [0.2, 0.25) is 10.0 Å². The van der Waals surface area contributed by atoms with Crippen molar-refractivity contribution in [1.82, 2.24) is 4.72 Å². The lowest BCUT2D eigenvalue weighted by Crippen LogP contribution is -2.36. The van der Waals surface area contributed by atoms with Crippen molar-refractivity contribution < 1.29 is 18.3 Å². The highest BCUT2D eigenvalue weighted by molar-refractivity contribution is 7.89. The van der Waals surface area contributed by atoms with Crippen LogP contribution in [0.15, 0.2) is 47.4 Å². The average Bonchev–Trinajstić information content (AvgIpc) is 3.05. The zero-order valence-corrected chi connectivity index (χ0v) is 20.5. The molecule has 0 heterocycles. The molecule has 2 aromatic carbocycles. The van der Waals surface area contributed by atoms with Gasteiger partial charge in [0.25, 0.3) is 0 Å². The Hall–Kier alpha value is -2.44. The van der Waals surface area contributed by atoms with Crippen molar-refractivity contribution in [1.29, 1.82) is 0 Å². The second-order valence-electron chi connectivity index (χ2n) is 10.6. The SMILES string of the molecule is CC(C)(C)c1ccc(S(=O)(=O)NC2Cc3ccc(/C=C/C(=O)O)cc3C2)c(C(C)(C)C)c1. The molecule has 0 saturated heterocycles. The number of aliphatic carboxylic acids is 1. The summed E-state index contributed by atoms with van der Waals surface area (Å²) in [7, 11) is -3.71. The van der Waals surface area contributed by atoms with Crippen LogP contribution in [-0.4, -0.2) is 25.5 Å². The molecule has 1 atom stereocenters. The molecule has 6 heteroatoms. The summed E-state index contributed by atoms with van der Waals surface area (Å²) in [5.74, 6) is -0.997. The first kappa shape index (κ1) is 24.2. The van der Waals surface area contributed by atoms with Gasteiger partial charge in [-0.1, -0.05) is 71.9 Å². The van der Waals surface area contributed by atoms with E-state index in [2.05, 4.69) is 25.5 Å². The Bertz CT molecular complexity index is 1170. The predicted octanol–water partition coefficient (Wildman–Crippen LogP) is 4.83. The first-order chi connectivity index (χ1) is 14.7. The number of hydrogen-bond acceptors (Lipinski definition) is 3. The minimum atomic E-state index is -3.71. The first-order valence-electron chi connectivity index (χ1n) is 10.9. The Morgan fingerprint density at radius 3 is 2.22 bits per heavy atom. The van der Waals surface area contributed by atoms with Crippen molar-refractivity contribution in [3.8, 4) is 0 Å². The molecule has 0 fully saturated rings. The van der Waals surface area contributed by atoms with Gasteiger partial charge in [-0.2, -0.15) is 0 Å². The Morgan fingerprint density at radius 2 is 1.62 bits per heavy atom. The lowest BCUT2D eigenvalue weighted by atomic mass is 9.81. The minimum absolute atomic E-state index is 0.0738. The number of benzene rings is 2. The van der Waals surface area contributed by atoms with E-state index in [-0.39, 0.29) is 16.9 Å². The molecule has 32 heavy (non-hydrogen) atoms. The molecule has 0 amide bonds. The molecule has 1 aliphatic carbocycles. The second-order valence-corrected chi connectivity index (χ2v) is 12.3. The molecule has 2 aromatic rings. The normalized spacial score (nSPS) is 17.0. The summed E-state index contributed by atoms with van der Waals surface area (Å²) in [6, 6.07) is 11.2. The van der Waals surface area contributed by atoms with E-state index in [1.165, 1.54) is 0 Å². The van der Waals surface area contributed by atoms with Crippen molar-refractivity contribution in [3.05, 3.63) is 70.3 Å². The van der Waals surface area contributed by atoms with Crippen LogP contribution in [0.3, 0.4) is 0 Å². The van der Waals surface area contributed by atoms with Crippen LogP contribution in [0.1, 0.15) is 69.4 Å². The van der Waals surface area contributed by atoms with E-state index in [4.69, 9.17) is 5.11 Å². The van der Waals surface area contributed by atoms with Crippen molar-refractivity contribution >= 4 is 22.1 Å². The lowest BCUT2D eigenvalue weighted by Gasteiger charge is -2.27. The van der Waals surface area contributed by atoms with E-state index >= 15 is 0 Å². The number of fused-ring (bicyclic) bond motifs is 1.